The molecule has 0 amide bonds. The van der Waals surface area contributed by atoms with Crippen molar-refractivity contribution in [2.45, 2.75) is 40.0 Å². The third-order valence-electron chi connectivity index (χ3n) is 4.77. The van der Waals surface area contributed by atoms with Crippen molar-refractivity contribution in [3.8, 4) is 11.5 Å². The second kappa shape index (κ2) is 8.75. The van der Waals surface area contributed by atoms with Crippen molar-refractivity contribution < 1.29 is 19.0 Å². The molecular formula is C22H28O4. The minimum atomic E-state index is -0.214. The quantitative estimate of drug-likeness (QED) is 0.674. The lowest BCUT2D eigenvalue weighted by Gasteiger charge is -2.21. The standard InChI is InChI=1S/C22H28O4/c1-7-26-22(23)13-19(17-9-8-14(2)20(11-17)24-5)18-10-15(3)16(4)21(12-18)25-6/h8-12,19H,7,13H2,1-6H3. The molecular weight excluding hydrogens is 328 g/mol. The van der Waals surface area contributed by atoms with Crippen LogP contribution in [0.1, 0.15) is 47.1 Å². The highest BCUT2D eigenvalue weighted by atomic mass is 16.5. The van der Waals surface area contributed by atoms with Gasteiger partial charge in [0, 0.05) is 5.92 Å². The first kappa shape index (κ1) is 19.8. The molecule has 0 spiro atoms. The minimum absolute atomic E-state index is 0.128. The van der Waals surface area contributed by atoms with Crippen LogP contribution in [0.2, 0.25) is 0 Å². The maximum atomic E-state index is 12.2. The van der Waals surface area contributed by atoms with E-state index in [1.807, 2.05) is 45.0 Å². The van der Waals surface area contributed by atoms with Gasteiger partial charge in [0.1, 0.15) is 11.5 Å². The molecule has 0 aliphatic carbocycles. The van der Waals surface area contributed by atoms with E-state index in [0.717, 1.165) is 39.3 Å². The van der Waals surface area contributed by atoms with Gasteiger partial charge in [-0.05, 0) is 67.6 Å². The Hall–Kier alpha value is -2.49. The maximum Gasteiger partial charge on any atom is 0.306 e. The minimum Gasteiger partial charge on any atom is -0.496 e. The Morgan fingerprint density at radius 1 is 0.923 bits per heavy atom. The first-order valence-electron chi connectivity index (χ1n) is 8.86. The fourth-order valence-corrected chi connectivity index (χ4v) is 3.14. The molecule has 0 aromatic heterocycles. The van der Waals surface area contributed by atoms with Gasteiger partial charge in [-0.2, -0.15) is 0 Å². The van der Waals surface area contributed by atoms with Gasteiger partial charge in [-0.3, -0.25) is 4.79 Å². The van der Waals surface area contributed by atoms with Crippen LogP contribution in [-0.2, 0) is 9.53 Å². The summed E-state index contributed by atoms with van der Waals surface area (Å²) in [7, 11) is 3.33. The third kappa shape index (κ3) is 4.37. The average molecular weight is 356 g/mol. The number of esters is 1. The fraction of sp³-hybridized carbons (Fsp3) is 0.409. The van der Waals surface area contributed by atoms with Gasteiger partial charge in [-0.15, -0.1) is 0 Å². The predicted octanol–water partition coefficient (Wildman–Crippen LogP) is 4.71. The molecule has 0 aliphatic rings. The van der Waals surface area contributed by atoms with Crippen molar-refractivity contribution in [2.24, 2.45) is 0 Å². The molecule has 4 heteroatoms. The first-order valence-corrected chi connectivity index (χ1v) is 8.86. The van der Waals surface area contributed by atoms with Gasteiger partial charge in [0.2, 0.25) is 0 Å². The van der Waals surface area contributed by atoms with Gasteiger partial charge in [0.25, 0.3) is 0 Å². The lowest BCUT2D eigenvalue weighted by Crippen LogP contribution is -2.12. The zero-order valence-corrected chi connectivity index (χ0v) is 16.5. The number of hydrogen-bond acceptors (Lipinski definition) is 4. The second-order valence-electron chi connectivity index (χ2n) is 6.46. The number of methoxy groups -OCH3 is 2. The SMILES string of the molecule is CCOC(=O)CC(c1ccc(C)c(OC)c1)c1cc(C)c(C)c(OC)c1. The van der Waals surface area contributed by atoms with Gasteiger partial charge in [-0.25, -0.2) is 0 Å². The van der Waals surface area contributed by atoms with E-state index in [4.69, 9.17) is 14.2 Å². The van der Waals surface area contributed by atoms with Crippen LogP contribution in [0.3, 0.4) is 0 Å². The Balaban J connectivity index is 2.54. The molecule has 4 nitrogen and oxygen atoms in total. The van der Waals surface area contributed by atoms with Crippen molar-refractivity contribution in [3.63, 3.8) is 0 Å². The lowest BCUT2D eigenvalue weighted by atomic mass is 9.86. The highest BCUT2D eigenvalue weighted by molar-refractivity contribution is 5.71. The van der Waals surface area contributed by atoms with Crippen molar-refractivity contribution in [1.29, 1.82) is 0 Å². The first-order chi connectivity index (χ1) is 12.4. The van der Waals surface area contributed by atoms with E-state index in [-0.39, 0.29) is 18.3 Å². The highest BCUT2D eigenvalue weighted by Gasteiger charge is 2.22. The lowest BCUT2D eigenvalue weighted by molar-refractivity contribution is -0.143. The molecule has 0 bridgehead atoms. The Kier molecular flexibility index (Phi) is 6.67. The number of carbonyl (C=O) groups excluding carboxylic acids is 1. The summed E-state index contributed by atoms with van der Waals surface area (Å²) in [4.78, 5) is 12.2. The van der Waals surface area contributed by atoms with E-state index in [2.05, 4.69) is 13.0 Å². The molecule has 2 rings (SSSR count). The van der Waals surface area contributed by atoms with E-state index < -0.39 is 0 Å². The van der Waals surface area contributed by atoms with Crippen LogP contribution in [0.5, 0.6) is 11.5 Å². The Bertz CT molecular complexity index is 780. The van der Waals surface area contributed by atoms with E-state index in [1.54, 1.807) is 14.2 Å². The Morgan fingerprint density at radius 2 is 1.58 bits per heavy atom. The van der Waals surface area contributed by atoms with Crippen molar-refractivity contribution >= 4 is 5.97 Å². The average Bonchev–Trinajstić information content (AvgIpc) is 2.62. The maximum absolute atomic E-state index is 12.2. The molecule has 2 aromatic carbocycles. The van der Waals surface area contributed by atoms with Crippen LogP contribution in [0.15, 0.2) is 30.3 Å². The van der Waals surface area contributed by atoms with Crippen LogP contribution in [0, 0.1) is 20.8 Å². The Labute approximate surface area is 156 Å². The van der Waals surface area contributed by atoms with E-state index in [1.165, 1.54) is 0 Å². The number of aryl methyl sites for hydroxylation is 2. The number of hydrogen-bond donors (Lipinski definition) is 0. The van der Waals surface area contributed by atoms with Crippen LogP contribution in [0.25, 0.3) is 0 Å². The summed E-state index contributed by atoms with van der Waals surface area (Å²) in [6.07, 6.45) is 0.270. The molecule has 26 heavy (non-hydrogen) atoms. The monoisotopic (exact) mass is 356 g/mol. The zero-order valence-electron chi connectivity index (χ0n) is 16.5. The van der Waals surface area contributed by atoms with Crippen molar-refractivity contribution in [1.82, 2.24) is 0 Å². The van der Waals surface area contributed by atoms with Gasteiger partial charge in [-0.1, -0.05) is 18.2 Å². The van der Waals surface area contributed by atoms with Gasteiger partial charge in [0.05, 0.1) is 27.2 Å². The summed E-state index contributed by atoms with van der Waals surface area (Å²) < 4.78 is 16.2. The smallest absolute Gasteiger partial charge is 0.306 e. The Morgan fingerprint density at radius 3 is 2.19 bits per heavy atom. The van der Waals surface area contributed by atoms with Gasteiger partial charge < -0.3 is 14.2 Å². The predicted molar refractivity (Wildman–Crippen MR) is 103 cm³/mol. The third-order valence-corrected chi connectivity index (χ3v) is 4.77. The van der Waals surface area contributed by atoms with Gasteiger partial charge in [0.15, 0.2) is 0 Å². The van der Waals surface area contributed by atoms with Crippen LogP contribution < -0.4 is 9.47 Å². The molecule has 140 valence electrons. The number of benzene rings is 2. The van der Waals surface area contributed by atoms with E-state index in [0.29, 0.717) is 6.61 Å². The zero-order chi connectivity index (χ0) is 19.3. The molecule has 0 heterocycles. The molecule has 0 fully saturated rings. The fourth-order valence-electron chi connectivity index (χ4n) is 3.14. The van der Waals surface area contributed by atoms with Crippen molar-refractivity contribution in [3.05, 3.63) is 58.1 Å². The summed E-state index contributed by atoms with van der Waals surface area (Å²) in [5.74, 6) is 1.30. The topological polar surface area (TPSA) is 44.8 Å². The molecule has 1 unspecified atom stereocenters. The summed E-state index contributed by atoms with van der Waals surface area (Å²) in [5, 5.41) is 0. The van der Waals surface area contributed by atoms with Crippen LogP contribution >= 0.6 is 0 Å². The van der Waals surface area contributed by atoms with E-state index >= 15 is 0 Å². The van der Waals surface area contributed by atoms with Crippen LogP contribution in [0.4, 0.5) is 0 Å². The molecule has 0 saturated heterocycles. The number of rotatable bonds is 7. The molecule has 0 N–H and O–H groups in total. The molecule has 0 aliphatic heterocycles. The molecule has 2 aromatic rings. The van der Waals surface area contributed by atoms with E-state index in [9.17, 15) is 4.79 Å². The van der Waals surface area contributed by atoms with Crippen LogP contribution in [-0.4, -0.2) is 26.8 Å². The summed E-state index contributed by atoms with van der Waals surface area (Å²) in [5.41, 5.74) is 5.35. The summed E-state index contributed by atoms with van der Waals surface area (Å²) in [6.45, 7) is 8.29. The summed E-state index contributed by atoms with van der Waals surface area (Å²) in [6, 6.07) is 10.2. The molecule has 0 saturated carbocycles. The molecule has 0 radical (unpaired) electrons. The highest BCUT2D eigenvalue weighted by Crippen LogP contribution is 2.35. The number of carbonyl (C=O) groups is 1. The number of ether oxygens (including phenoxy) is 3. The normalized spacial score (nSPS) is 11.8. The summed E-state index contributed by atoms with van der Waals surface area (Å²) >= 11 is 0. The largest absolute Gasteiger partial charge is 0.496 e. The van der Waals surface area contributed by atoms with Crippen molar-refractivity contribution in [2.75, 3.05) is 20.8 Å². The second-order valence-corrected chi connectivity index (χ2v) is 6.46. The van der Waals surface area contributed by atoms with Gasteiger partial charge >= 0.3 is 5.97 Å². The molecule has 1 atom stereocenters.